The number of aromatic nitrogens is 3. The molecule has 0 unspecified atom stereocenters. The molecule has 1 amide bonds. The highest BCUT2D eigenvalue weighted by Gasteiger charge is 2.24. The van der Waals surface area contributed by atoms with Gasteiger partial charge in [-0.2, -0.15) is 5.10 Å². The Hall–Kier alpha value is -1.82. The van der Waals surface area contributed by atoms with Gasteiger partial charge in [0.2, 0.25) is 5.91 Å². The molecule has 0 radical (unpaired) electrons. The number of hydrogen-bond donors (Lipinski definition) is 0. The summed E-state index contributed by atoms with van der Waals surface area (Å²) in [7, 11) is 3.76. The quantitative estimate of drug-likeness (QED) is 0.813. The molecule has 6 heteroatoms. The van der Waals surface area contributed by atoms with Crippen LogP contribution in [0.2, 0.25) is 0 Å². The van der Waals surface area contributed by atoms with Gasteiger partial charge >= 0.3 is 0 Å². The van der Waals surface area contributed by atoms with Crippen LogP contribution < -0.4 is 4.90 Å². The number of thioether (sulfide) groups is 1. The van der Waals surface area contributed by atoms with E-state index in [9.17, 15) is 4.79 Å². The first-order valence-corrected chi connectivity index (χ1v) is 8.50. The molecule has 0 fully saturated rings. The summed E-state index contributed by atoms with van der Waals surface area (Å²) in [6, 6.07) is 5.73. The van der Waals surface area contributed by atoms with Crippen LogP contribution in [-0.2, 0) is 24.7 Å². The van der Waals surface area contributed by atoms with Gasteiger partial charge in [0.1, 0.15) is 5.82 Å². The number of carbonyl (C=O) groups is 1. The molecule has 1 aliphatic carbocycles. The second kappa shape index (κ2) is 6.52. The van der Waals surface area contributed by atoms with Crippen molar-refractivity contribution in [3.63, 3.8) is 0 Å². The summed E-state index contributed by atoms with van der Waals surface area (Å²) in [5.74, 6) is 1.40. The Kier molecular flexibility index (Phi) is 4.47. The fraction of sp³-hybridized carbons (Fsp3) is 0.438. The molecule has 22 heavy (non-hydrogen) atoms. The minimum absolute atomic E-state index is 0.0760. The summed E-state index contributed by atoms with van der Waals surface area (Å²) in [4.78, 5) is 18.5. The predicted octanol–water partition coefficient (Wildman–Crippen LogP) is 2.45. The predicted molar refractivity (Wildman–Crippen MR) is 88.2 cm³/mol. The van der Waals surface area contributed by atoms with Crippen molar-refractivity contribution in [2.24, 2.45) is 7.05 Å². The van der Waals surface area contributed by atoms with Crippen LogP contribution in [0.15, 0.2) is 29.4 Å². The van der Waals surface area contributed by atoms with Crippen LogP contribution in [0, 0.1) is 0 Å². The molecule has 0 spiro atoms. The van der Waals surface area contributed by atoms with Crippen LogP contribution in [0.5, 0.6) is 0 Å². The summed E-state index contributed by atoms with van der Waals surface area (Å²) in [5, 5.41) is 5.45. The lowest BCUT2D eigenvalue weighted by Gasteiger charge is -2.20. The van der Waals surface area contributed by atoms with Gasteiger partial charge in [-0.05, 0) is 37.8 Å². The number of aryl methyl sites for hydroxylation is 2. The molecular formula is C16H20N4OS. The largest absolute Gasteiger partial charge is 0.299 e. The Bertz CT molecular complexity index is 668. The van der Waals surface area contributed by atoms with Gasteiger partial charge in [0.25, 0.3) is 0 Å². The molecule has 0 N–H and O–H groups in total. The molecule has 0 aromatic carbocycles. The number of rotatable bonds is 4. The fourth-order valence-electron chi connectivity index (χ4n) is 2.87. The van der Waals surface area contributed by atoms with E-state index in [1.807, 2.05) is 37.0 Å². The summed E-state index contributed by atoms with van der Waals surface area (Å²) in [6.45, 7) is 0. The average molecular weight is 316 g/mol. The minimum atomic E-state index is 0.0760. The van der Waals surface area contributed by atoms with Crippen LogP contribution in [-0.4, -0.2) is 33.5 Å². The number of carbonyl (C=O) groups excluding carboxylic acids is 1. The van der Waals surface area contributed by atoms with Crippen LogP contribution in [0.25, 0.3) is 0 Å². The number of pyridine rings is 1. The van der Waals surface area contributed by atoms with Gasteiger partial charge in [-0.1, -0.05) is 17.8 Å². The molecule has 2 aromatic heterocycles. The molecule has 2 heterocycles. The first-order chi connectivity index (χ1) is 10.7. The second-order valence-corrected chi connectivity index (χ2v) is 6.48. The lowest BCUT2D eigenvalue weighted by atomic mass is 9.97. The minimum Gasteiger partial charge on any atom is -0.299 e. The van der Waals surface area contributed by atoms with Crippen molar-refractivity contribution < 1.29 is 4.79 Å². The van der Waals surface area contributed by atoms with E-state index in [2.05, 4.69) is 10.1 Å². The van der Waals surface area contributed by atoms with E-state index in [1.54, 1.807) is 11.1 Å². The Balaban J connectivity index is 1.72. The van der Waals surface area contributed by atoms with E-state index in [4.69, 9.17) is 0 Å². The van der Waals surface area contributed by atoms with Gasteiger partial charge in [-0.25, -0.2) is 4.98 Å². The number of amides is 1. The third-order valence-electron chi connectivity index (χ3n) is 3.96. The topological polar surface area (TPSA) is 51.0 Å². The zero-order valence-corrected chi connectivity index (χ0v) is 13.8. The number of nitrogens with zero attached hydrogens (tertiary/aromatic N) is 4. The van der Waals surface area contributed by atoms with E-state index in [0.717, 1.165) is 29.4 Å². The zero-order chi connectivity index (χ0) is 15.5. The van der Waals surface area contributed by atoms with Crippen molar-refractivity contribution in [2.75, 3.05) is 17.7 Å². The third kappa shape index (κ3) is 3.02. The zero-order valence-electron chi connectivity index (χ0n) is 13.0. The summed E-state index contributed by atoms with van der Waals surface area (Å²) in [5.41, 5.74) is 2.40. The van der Waals surface area contributed by atoms with Gasteiger partial charge in [0.15, 0.2) is 0 Å². The number of fused-ring (bicyclic) bond motifs is 1. The molecule has 0 saturated carbocycles. The van der Waals surface area contributed by atoms with Gasteiger partial charge < -0.3 is 0 Å². The Morgan fingerprint density at radius 1 is 1.36 bits per heavy atom. The highest BCUT2D eigenvalue weighted by Crippen LogP contribution is 2.29. The number of anilines is 1. The SMILES string of the molecule is CN(C(=O)CSc1ccccn1)c1c2c(nn1C)CCCC2. The maximum Gasteiger partial charge on any atom is 0.238 e. The standard InChI is InChI=1S/C16H20N4OS/c1-19(15(21)11-22-14-9-5-6-10-17-14)16-12-7-3-4-8-13(12)18-20(16)2/h5-6,9-10H,3-4,7-8,11H2,1-2H3. The third-order valence-corrected chi connectivity index (χ3v) is 4.89. The maximum absolute atomic E-state index is 12.5. The molecule has 2 aromatic rings. The molecule has 116 valence electrons. The summed E-state index contributed by atoms with van der Waals surface area (Å²) >= 11 is 1.47. The van der Waals surface area contributed by atoms with Gasteiger partial charge in [-0.3, -0.25) is 14.4 Å². The molecule has 1 aliphatic rings. The van der Waals surface area contributed by atoms with E-state index in [-0.39, 0.29) is 5.91 Å². The van der Waals surface area contributed by atoms with E-state index in [1.165, 1.54) is 30.2 Å². The average Bonchev–Trinajstić information content (AvgIpc) is 2.88. The molecule has 0 atom stereocenters. The fourth-order valence-corrected chi connectivity index (χ4v) is 3.64. The van der Waals surface area contributed by atoms with Crippen LogP contribution >= 0.6 is 11.8 Å². The normalized spacial score (nSPS) is 13.7. The van der Waals surface area contributed by atoms with Crippen molar-refractivity contribution in [1.82, 2.24) is 14.8 Å². The molecular weight excluding hydrogens is 296 g/mol. The molecule has 0 saturated heterocycles. The van der Waals surface area contributed by atoms with Crippen molar-refractivity contribution in [1.29, 1.82) is 0 Å². The Labute approximate surface area is 134 Å². The van der Waals surface area contributed by atoms with Crippen molar-refractivity contribution >= 4 is 23.5 Å². The van der Waals surface area contributed by atoms with E-state index < -0.39 is 0 Å². The summed E-state index contributed by atoms with van der Waals surface area (Å²) in [6.07, 6.45) is 6.15. The molecule has 5 nitrogen and oxygen atoms in total. The number of hydrogen-bond acceptors (Lipinski definition) is 4. The van der Waals surface area contributed by atoms with Gasteiger partial charge in [0, 0.05) is 25.9 Å². The lowest BCUT2D eigenvalue weighted by Crippen LogP contribution is -2.30. The smallest absolute Gasteiger partial charge is 0.238 e. The van der Waals surface area contributed by atoms with Crippen molar-refractivity contribution in [2.45, 2.75) is 30.7 Å². The second-order valence-electron chi connectivity index (χ2n) is 5.49. The van der Waals surface area contributed by atoms with Crippen LogP contribution in [0.4, 0.5) is 5.82 Å². The Morgan fingerprint density at radius 2 is 2.18 bits per heavy atom. The lowest BCUT2D eigenvalue weighted by molar-refractivity contribution is -0.115. The first kappa shape index (κ1) is 15.1. The first-order valence-electron chi connectivity index (χ1n) is 7.52. The van der Waals surface area contributed by atoms with Crippen molar-refractivity contribution in [3.05, 3.63) is 35.7 Å². The maximum atomic E-state index is 12.5. The highest BCUT2D eigenvalue weighted by atomic mass is 32.2. The highest BCUT2D eigenvalue weighted by molar-refractivity contribution is 7.99. The van der Waals surface area contributed by atoms with Gasteiger partial charge in [0.05, 0.1) is 16.5 Å². The van der Waals surface area contributed by atoms with E-state index >= 15 is 0 Å². The van der Waals surface area contributed by atoms with Crippen LogP contribution in [0.3, 0.4) is 0 Å². The molecule has 0 aliphatic heterocycles. The van der Waals surface area contributed by atoms with Crippen LogP contribution in [0.1, 0.15) is 24.1 Å². The monoisotopic (exact) mass is 316 g/mol. The van der Waals surface area contributed by atoms with Gasteiger partial charge in [-0.15, -0.1) is 0 Å². The molecule has 3 rings (SSSR count). The van der Waals surface area contributed by atoms with Crippen molar-refractivity contribution in [3.8, 4) is 0 Å². The summed E-state index contributed by atoms with van der Waals surface area (Å²) < 4.78 is 1.85. The van der Waals surface area contributed by atoms with E-state index in [0.29, 0.717) is 5.75 Å². The molecule has 0 bridgehead atoms. The Morgan fingerprint density at radius 3 is 2.95 bits per heavy atom.